The van der Waals surface area contributed by atoms with E-state index in [1.807, 2.05) is 6.92 Å². The first-order valence-corrected chi connectivity index (χ1v) is 5.72. The highest BCUT2D eigenvalue weighted by Crippen LogP contribution is 2.33. The average Bonchev–Trinajstić information content (AvgIpc) is 2.51. The minimum atomic E-state index is -0.661. The number of aromatic nitrogens is 2. The minimum Gasteiger partial charge on any atom is -0.399 e. The highest BCUT2D eigenvalue weighted by molar-refractivity contribution is 7.99. The lowest BCUT2D eigenvalue weighted by Crippen LogP contribution is -1.96. The van der Waals surface area contributed by atoms with E-state index in [1.165, 1.54) is 0 Å². The Morgan fingerprint density at radius 3 is 2.29 bits per heavy atom. The second kappa shape index (κ2) is 4.37. The van der Waals surface area contributed by atoms with Crippen LogP contribution in [0, 0.1) is 18.6 Å². The van der Waals surface area contributed by atoms with Crippen molar-refractivity contribution in [3.63, 3.8) is 0 Å². The zero-order chi connectivity index (χ0) is 12.6. The molecule has 0 bridgehead atoms. The summed E-state index contributed by atoms with van der Waals surface area (Å²) in [6.07, 6.45) is 0. The maximum absolute atomic E-state index is 13.6. The molecule has 2 N–H and O–H groups in total. The predicted octanol–water partition coefficient (Wildman–Crippen LogP) is 2.74. The summed E-state index contributed by atoms with van der Waals surface area (Å²) in [7, 11) is 1.72. The third kappa shape index (κ3) is 2.41. The zero-order valence-electron chi connectivity index (χ0n) is 9.37. The van der Waals surface area contributed by atoms with Crippen molar-refractivity contribution in [2.75, 3.05) is 5.73 Å². The van der Waals surface area contributed by atoms with Gasteiger partial charge in [0.05, 0.1) is 15.6 Å². The van der Waals surface area contributed by atoms with Crippen molar-refractivity contribution in [3.8, 4) is 0 Å². The predicted molar refractivity (Wildman–Crippen MR) is 62.8 cm³/mol. The molecule has 0 saturated heterocycles. The molecule has 2 aromatic rings. The van der Waals surface area contributed by atoms with Crippen molar-refractivity contribution in [3.05, 3.63) is 35.5 Å². The number of nitrogens with two attached hydrogens (primary N) is 1. The monoisotopic (exact) mass is 255 g/mol. The van der Waals surface area contributed by atoms with Crippen LogP contribution in [0.3, 0.4) is 0 Å². The molecule has 0 aliphatic heterocycles. The molecule has 1 heterocycles. The SMILES string of the molecule is Cc1cc(Sc2c(F)cc(N)cc2F)n(C)n1. The van der Waals surface area contributed by atoms with Crippen molar-refractivity contribution in [1.29, 1.82) is 0 Å². The quantitative estimate of drug-likeness (QED) is 0.839. The molecule has 0 aliphatic rings. The molecule has 1 aromatic heterocycles. The highest BCUT2D eigenvalue weighted by Gasteiger charge is 2.14. The number of nitrogens with zero attached hydrogens (tertiary/aromatic N) is 2. The van der Waals surface area contributed by atoms with Crippen LogP contribution in [-0.2, 0) is 7.05 Å². The fourth-order valence-corrected chi connectivity index (χ4v) is 2.39. The lowest BCUT2D eigenvalue weighted by atomic mass is 10.3. The Bertz CT molecular complexity index is 543. The summed E-state index contributed by atoms with van der Waals surface area (Å²) in [5, 5.41) is 4.78. The van der Waals surface area contributed by atoms with E-state index >= 15 is 0 Å². The molecular weight excluding hydrogens is 244 g/mol. The number of benzene rings is 1. The lowest BCUT2D eigenvalue weighted by Gasteiger charge is -2.05. The number of rotatable bonds is 2. The van der Waals surface area contributed by atoms with Gasteiger partial charge in [-0.25, -0.2) is 8.78 Å². The third-order valence-electron chi connectivity index (χ3n) is 2.19. The smallest absolute Gasteiger partial charge is 0.142 e. The summed E-state index contributed by atoms with van der Waals surface area (Å²) in [5.74, 6) is -1.32. The topological polar surface area (TPSA) is 43.8 Å². The Morgan fingerprint density at radius 2 is 1.82 bits per heavy atom. The maximum atomic E-state index is 13.6. The fourth-order valence-electron chi connectivity index (χ4n) is 1.46. The second-order valence-electron chi connectivity index (χ2n) is 3.66. The number of hydrogen-bond acceptors (Lipinski definition) is 3. The highest BCUT2D eigenvalue weighted by atomic mass is 32.2. The van der Waals surface area contributed by atoms with Crippen LogP contribution in [0.1, 0.15) is 5.69 Å². The Kier molecular flexibility index (Phi) is 3.06. The molecule has 6 heteroatoms. The Labute approximate surface area is 102 Å². The van der Waals surface area contributed by atoms with Crippen LogP contribution in [0.25, 0.3) is 0 Å². The van der Waals surface area contributed by atoms with Crippen molar-refractivity contribution in [2.24, 2.45) is 7.05 Å². The molecule has 0 fully saturated rings. The molecule has 0 radical (unpaired) electrons. The van der Waals surface area contributed by atoms with Gasteiger partial charge in [-0.05, 0) is 25.1 Å². The van der Waals surface area contributed by atoms with E-state index in [0.717, 1.165) is 29.6 Å². The van der Waals surface area contributed by atoms with Crippen molar-refractivity contribution in [2.45, 2.75) is 16.8 Å². The van der Waals surface area contributed by atoms with E-state index < -0.39 is 11.6 Å². The molecule has 1 aromatic carbocycles. The van der Waals surface area contributed by atoms with E-state index in [0.29, 0.717) is 5.03 Å². The van der Waals surface area contributed by atoms with Crippen LogP contribution < -0.4 is 5.73 Å². The molecule has 0 saturated carbocycles. The fraction of sp³-hybridized carbons (Fsp3) is 0.182. The first-order chi connectivity index (χ1) is 7.97. The van der Waals surface area contributed by atoms with Crippen molar-refractivity contribution < 1.29 is 8.78 Å². The van der Waals surface area contributed by atoms with Gasteiger partial charge in [0, 0.05) is 12.7 Å². The van der Waals surface area contributed by atoms with E-state index in [9.17, 15) is 8.78 Å². The van der Waals surface area contributed by atoms with Crippen molar-refractivity contribution in [1.82, 2.24) is 9.78 Å². The standard InChI is InChI=1S/C11H11F2N3S/c1-6-3-10(16(2)15-6)17-11-8(12)4-7(14)5-9(11)13/h3-5H,14H2,1-2H3. The van der Waals surface area contributed by atoms with Gasteiger partial charge in [0.25, 0.3) is 0 Å². The summed E-state index contributed by atoms with van der Waals surface area (Å²) in [6, 6.07) is 3.98. The van der Waals surface area contributed by atoms with E-state index in [4.69, 9.17) is 5.73 Å². The van der Waals surface area contributed by atoms with Crippen molar-refractivity contribution >= 4 is 17.4 Å². The third-order valence-corrected chi connectivity index (χ3v) is 3.37. The van der Waals surface area contributed by atoms with Gasteiger partial charge in [-0.3, -0.25) is 4.68 Å². The number of anilines is 1. The largest absolute Gasteiger partial charge is 0.399 e. The first kappa shape index (κ1) is 11.9. The minimum absolute atomic E-state index is 0.0674. The number of hydrogen-bond donors (Lipinski definition) is 1. The average molecular weight is 255 g/mol. The summed E-state index contributed by atoms with van der Waals surface area (Å²) < 4.78 is 28.7. The second-order valence-corrected chi connectivity index (χ2v) is 4.69. The van der Waals surface area contributed by atoms with Gasteiger partial charge in [-0.15, -0.1) is 0 Å². The normalized spacial score (nSPS) is 10.8. The van der Waals surface area contributed by atoms with E-state index in [2.05, 4.69) is 5.10 Å². The van der Waals surface area contributed by atoms with Crippen LogP contribution in [0.15, 0.2) is 28.1 Å². The number of aryl methyl sites for hydroxylation is 2. The van der Waals surface area contributed by atoms with Crippen LogP contribution in [0.2, 0.25) is 0 Å². The lowest BCUT2D eigenvalue weighted by molar-refractivity contribution is 0.541. The van der Waals surface area contributed by atoms with E-state index in [1.54, 1.807) is 17.8 Å². The number of halogens is 2. The maximum Gasteiger partial charge on any atom is 0.142 e. The van der Waals surface area contributed by atoms with Gasteiger partial charge in [0.1, 0.15) is 11.6 Å². The Morgan fingerprint density at radius 1 is 1.24 bits per heavy atom. The first-order valence-electron chi connectivity index (χ1n) is 4.90. The van der Waals surface area contributed by atoms with Gasteiger partial charge >= 0.3 is 0 Å². The molecule has 3 nitrogen and oxygen atoms in total. The summed E-state index contributed by atoms with van der Waals surface area (Å²) in [4.78, 5) is -0.0674. The number of nitrogen functional groups attached to an aromatic ring is 1. The summed E-state index contributed by atoms with van der Waals surface area (Å²) in [5.41, 5.74) is 6.22. The Balaban J connectivity index is 2.39. The molecule has 0 amide bonds. The van der Waals surface area contributed by atoms with Gasteiger partial charge in [0.2, 0.25) is 0 Å². The molecule has 0 atom stereocenters. The Hall–Kier alpha value is -1.56. The molecule has 2 rings (SSSR count). The van der Waals surface area contributed by atoms with Crippen LogP contribution in [0.5, 0.6) is 0 Å². The van der Waals surface area contributed by atoms with Gasteiger partial charge in [-0.2, -0.15) is 5.10 Å². The zero-order valence-corrected chi connectivity index (χ0v) is 10.2. The van der Waals surface area contributed by atoms with Crippen LogP contribution >= 0.6 is 11.8 Å². The molecule has 0 unspecified atom stereocenters. The molecule has 90 valence electrons. The van der Waals surface area contributed by atoms with Crippen LogP contribution in [0.4, 0.5) is 14.5 Å². The molecule has 17 heavy (non-hydrogen) atoms. The molecular formula is C11H11F2N3S. The molecule has 0 spiro atoms. The summed E-state index contributed by atoms with van der Waals surface area (Å²) >= 11 is 0.992. The van der Waals surface area contributed by atoms with Gasteiger partial charge in [-0.1, -0.05) is 11.8 Å². The van der Waals surface area contributed by atoms with E-state index in [-0.39, 0.29) is 10.6 Å². The van der Waals surface area contributed by atoms with Gasteiger partial charge in [0.15, 0.2) is 0 Å². The van der Waals surface area contributed by atoms with Crippen LogP contribution in [-0.4, -0.2) is 9.78 Å². The van der Waals surface area contributed by atoms with Gasteiger partial charge < -0.3 is 5.73 Å². The summed E-state index contributed by atoms with van der Waals surface area (Å²) in [6.45, 7) is 1.82. The molecule has 0 aliphatic carbocycles.